The Morgan fingerprint density at radius 2 is 2.15 bits per heavy atom. The zero-order valence-electron chi connectivity index (χ0n) is 7.24. The smallest absolute Gasteiger partial charge is 0.147 e. The van der Waals surface area contributed by atoms with Gasteiger partial charge in [0.15, 0.2) is 0 Å². The average molecular weight is 215 g/mol. The molecule has 2 nitrogen and oxygen atoms in total. The molecule has 1 aromatic rings. The second kappa shape index (κ2) is 4.20. The minimum Gasteiger partial charge on any atom is -0.354 e. The predicted octanol–water partition coefficient (Wildman–Crippen LogP) is 2.29. The van der Waals surface area contributed by atoms with Crippen LogP contribution in [0, 0.1) is 0 Å². The highest BCUT2D eigenvalue weighted by molar-refractivity contribution is 7.99. The van der Waals surface area contributed by atoms with E-state index in [0.717, 1.165) is 23.9 Å². The Balaban J connectivity index is 2.18. The molecule has 1 fully saturated rings. The number of halogens is 1. The first-order chi connectivity index (χ1) is 6.38. The molecule has 0 atom stereocenters. The topological polar surface area (TPSA) is 16.1 Å². The van der Waals surface area contributed by atoms with Gasteiger partial charge in [-0.3, -0.25) is 0 Å². The lowest BCUT2D eigenvalue weighted by molar-refractivity contribution is 0.839. The first kappa shape index (κ1) is 9.16. The SMILES string of the molecule is Clc1cccnc1N1CCSCC1. The van der Waals surface area contributed by atoms with Gasteiger partial charge in [0.1, 0.15) is 5.82 Å². The van der Waals surface area contributed by atoms with E-state index in [-0.39, 0.29) is 0 Å². The molecule has 1 aromatic heterocycles. The molecule has 0 spiro atoms. The van der Waals surface area contributed by atoms with Crippen LogP contribution in [0.4, 0.5) is 5.82 Å². The molecule has 0 saturated carbocycles. The van der Waals surface area contributed by atoms with E-state index in [4.69, 9.17) is 11.6 Å². The molecule has 1 aliphatic rings. The summed E-state index contributed by atoms with van der Waals surface area (Å²) in [6, 6.07) is 3.76. The Labute approximate surface area is 87.3 Å². The molecular formula is C9H11ClN2S. The van der Waals surface area contributed by atoms with Crippen LogP contribution in [-0.2, 0) is 0 Å². The molecule has 0 aliphatic carbocycles. The molecule has 0 amide bonds. The Kier molecular flexibility index (Phi) is 2.96. The van der Waals surface area contributed by atoms with Crippen molar-refractivity contribution in [3.05, 3.63) is 23.4 Å². The molecule has 4 heteroatoms. The number of anilines is 1. The van der Waals surface area contributed by atoms with Crippen LogP contribution in [0.3, 0.4) is 0 Å². The summed E-state index contributed by atoms with van der Waals surface area (Å²) in [6.07, 6.45) is 1.79. The van der Waals surface area contributed by atoms with E-state index in [0.29, 0.717) is 0 Å². The molecule has 2 rings (SSSR count). The van der Waals surface area contributed by atoms with Crippen molar-refractivity contribution in [2.75, 3.05) is 29.5 Å². The number of hydrogen-bond acceptors (Lipinski definition) is 3. The van der Waals surface area contributed by atoms with Crippen LogP contribution < -0.4 is 4.90 Å². The summed E-state index contributed by atoms with van der Waals surface area (Å²) in [7, 11) is 0. The third-order valence-corrected chi connectivity index (χ3v) is 3.29. The van der Waals surface area contributed by atoms with E-state index in [1.54, 1.807) is 6.20 Å². The fourth-order valence-electron chi connectivity index (χ4n) is 1.39. The number of thioether (sulfide) groups is 1. The Bertz CT molecular complexity index is 287. The van der Waals surface area contributed by atoms with Gasteiger partial charge in [0.2, 0.25) is 0 Å². The number of rotatable bonds is 1. The van der Waals surface area contributed by atoms with Crippen LogP contribution in [0.2, 0.25) is 5.02 Å². The summed E-state index contributed by atoms with van der Waals surface area (Å²) in [5, 5.41) is 0.759. The molecule has 0 aromatic carbocycles. The summed E-state index contributed by atoms with van der Waals surface area (Å²) in [4.78, 5) is 6.54. The van der Waals surface area contributed by atoms with E-state index >= 15 is 0 Å². The number of pyridine rings is 1. The normalized spacial score (nSPS) is 17.5. The highest BCUT2D eigenvalue weighted by Gasteiger charge is 2.14. The Hall–Kier alpha value is -0.410. The maximum atomic E-state index is 6.05. The summed E-state index contributed by atoms with van der Waals surface area (Å²) in [6.45, 7) is 2.11. The lowest BCUT2D eigenvalue weighted by Crippen LogP contribution is -2.33. The van der Waals surface area contributed by atoms with E-state index in [1.165, 1.54) is 11.5 Å². The van der Waals surface area contributed by atoms with Crippen molar-refractivity contribution in [3.63, 3.8) is 0 Å². The third-order valence-electron chi connectivity index (χ3n) is 2.05. The second-order valence-electron chi connectivity index (χ2n) is 2.91. The lowest BCUT2D eigenvalue weighted by Gasteiger charge is -2.27. The highest BCUT2D eigenvalue weighted by Crippen LogP contribution is 2.24. The van der Waals surface area contributed by atoms with Crippen LogP contribution in [-0.4, -0.2) is 29.6 Å². The molecule has 70 valence electrons. The number of nitrogens with zero attached hydrogens (tertiary/aromatic N) is 2. The van der Waals surface area contributed by atoms with Crippen LogP contribution in [0.15, 0.2) is 18.3 Å². The minimum absolute atomic E-state index is 0.759. The number of hydrogen-bond donors (Lipinski definition) is 0. The molecule has 1 aliphatic heterocycles. The van der Waals surface area contributed by atoms with Crippen LogP contribution in [0.5, 0.6) is 0 Å². The summed E-state index contributed by atoms with van der Waals surface area (Å²) in [5.74, 6) is 3.28. The lowest BCUT2D eigenvalue weighted by atomic mass is 10.4. The molecule has 0 N–H and O–H groups in total. The van der Waals surface area contributed by atoms with Gasteiger partial charge >= 0.3 is 0 Å². The average Bonchev–Trinajstić information content (AvgIpc) is 2.20. The Morgan fingerprint density at radius 1 is 1.38 bits per heavy atom. The van der Waals surface area contributed by atoms with Gasteiger partial charge in [-0.1, -0.05) is 11.6 Å². The van der Waals surface area contributed by atoms with Gasteiger partial charge in [-0.15, -0.1) is 0 Å². The van der Waals surface area contributed by atoms with E-state index in [1.807, 2.05) is 23.9 Å². The fourth-order valence-corrected chi connectivity index (χ4v) is 2.53. The second-order valence-corrected chi connectivity index (χ2v) is 4.54. The van der Waals surface area contributed by atoms with Crippen molar-refractivity contribution in [1.82, 2.24) is 4.98 Å². The fraction of sp³-hybridized carbons (Fsp3) is 0.444. The number of aromatic nitrogens is 1. The quantitative estimate of drug-likeness (QED) is 0.714. The van der Waals surface area contributed by atoms with Crippen molar-refractivity contribution in [2.24, 2.45) is 0 Å². The summed E-state index contributed by atoms with van der Waals surface area (Å²) >= 11 is 8.03. The van der Waals surface area contributed by atoms with Crippen molar-refractivity contribution >= 4 is 29.2 Å². The first-order valence-corrected chi connectivity index (χ1v) is 5.84. The van der Waals surface area contributed by atoms with E-state index < -0.39 is 0 Å². The zero-order chi connectivity index (χ0) is 9.10. The summed E-state index contributed by atoms with van der Waals surface area (Å²) in [5.41, 5.74) is 0. The van der Waals surface area contributed by atoms with Crippen molar-refractivity contribution in [3.8, 4) is 0 Å². The maximum Gasteiger partial charge on any atom is 0.147 e. The highest BCUT2D eigenvalue weighted by atomic mass is 35.5. The van der Waals surface area contributed by atoms with Crippen LogP contribution in [0.1, 0.15) is 0 Å². The standard InChI is InChI=1S/C9H11ClN2S/c10-8-2-1-3-11-9(8)12-4-6-13-7-5-12/h1-3H,4-7H2. The van der Waals surface area contributed by atoms with Crippen LogP contribution >= 0.6 is 23.4 Å². The van der Waals surface area contributed by atoms with Gasteiger partial charge < -0.3 is 4.90 Å². The van der Waals surface area contributed by atoms with Gasteiger partial charge in [0.05, 0.1) is 5.02 Å². The van der Waals surface area contributed by atoms with E-state index in [2.05, 4.69) is 9.88 Å². The van der Waals surface area contributed by atoms with Gasteiger partial charge in [0, 0.05) is 30.8 Å². The molecule has 0 bridgehead atoms. The van der Waals surface area contributed by atoms with E-state index in [9.17, 15) is 0 Å². The zero-order valence-corrected chi connectivity index (χ0v) is 8.81. The predicted molar refractivity (Wildman–Crippen MR) is 58.8 cm³/mol. The monoisotopic (exact) mass is 214 g/mol. The van der Waals surface area contributed by atoms with Gasteiger partial charge in [-0.25, -0.2) is 4.98 Å². The van der Waals surface area contributed by atoms with Crippen molar-refractivity contribution in [1.29, 1.82) is 0 Å². The maximum absolute atomic E-state index is 6.05. The first-order valence-electron chi connectivity index (χ1n) is 4.31. The van der Waals surface area contributed by atoms with Crippen LogP contribution in [0.25, 0.3) is 0 Å². The molecule has 13 heavy (non-hydrogen) atoms. The molecule has 2 heterocycles. The minimum atomic E-state index is 0.759. The molecule has 1 saturated heterocycles. The van der Waals surface area contributed by atoms with Gasteiger partial charge in [-0.05, 0) is 12.1 Å². The van der Waals surface area contributed by atoms with Crippen molar-refractivity contribution in [2.45, 2.75) is 0 Å². The Morgan fingerprint density at radius 3 is 2.85 bits per heavy atom. The largest absolute Gasteiger partial charge is 0.354 e. The van der Waals surface area contributed by atoms with Crippen molar-refractivity contribution < 1.29 is 0 Å². The van der Waals surface area contributed by atoms with Gasteiger partial charge in [0.25, 0.3) is 0 Å². The molecular weight excluding hydrogens is 204 g/mol. The summed E-state index contributed by atoms with van der Waals surface area (Å²) < 4.78 is 0. The molecule has 0 unspecified atom stereocenters. The van der Waals surface area contributed by atoms with Gasteiger partial charge in [-0.2, -0.15) is 11.8 Å². The molecule has 0 radical (unpaired) electrons. The third kappa shape index (κ3) is 2.09.